The minimum Gasteiger partial charge on any atom is -0.344 e. The van der Waals surface area contributed by atoms with Crippen LogP contribution in [0.2, 0.25) is 0 Å². The molecule has 22 heavy (non-hydrogen) atoms. The molecule has 4 nitrogen and oxygen atoms in total. The van der Waals surface area contributed by atoms with E-state index in [2.05, 4.69) is 53.0 Å². The lowest BCUT2D eigenvalue weighted by molar-refractivity contribution is 0.739. The molecule has 1 aliphatic rings. The van der Waals surface area contributed by atoms with Gasteiger partial charge in [0.2, 0.25) is 5.95 Å². The van der Waals surface area contributed by atoms with Crippen molar-refractivity contribution < 1.29 is 0 Å². The van der Waals surface area contributed by atoms with Crippen molar-refractivity contribution >= 4 is 17.5 Å². The van der Waals surface area contributed by atoms with E-state index < -0.39 is 0 Å². The molecule has 0 N–H and O–H groups in total. The van der Waals surface area contributed by atoms with Crippen LogP contribution in [0.1, 0.15) is 31.7 Å². The van der Waals surface area contributed by atoms with Gasteiger partial charge in [0.1, 0.15) is 5.82 Å². The van der Waals surface area contributed by atoms with E-state index in [1.807, 2.05) is 12.3 Å². The molecule has 4 heteroatoms. The van der Waals surface area contributed by atoms with Gasteiger partial charge >= 0.3 is 0 Å². The summed E-state index contributed by atoms with van der Waals surface area (Å²) in [5.74, 6) is 1.81. The van der Waals surface area contributed by atoms with Crippen LogP contribution in [-0.4, -0.2) is 30.1 Å². The topological polar surface area (TPSA) is 32.3 Å². The molecule has 2 heterocycles. The zero-order valence-corrected chi connectivity index (χ0v) is 13.5. The number of para-hydroxylation sites is 1. The van der Waals surface area contributed by atoms with Gasteiger partial charge in [-0.25, -0.2) is 4.98 Å². The molecule has 0 aliphatic carbocycles. The molecule has 0 atom stereocenters. The smallest absolute Gasteiger partial charge is 0.227 e. The van der Waals surface area contributed by atoms with Gasteiger partial charge in [0, 0.05) is 32.0 Å². The first-order chi connectivity index (χ1) is 10.8. The van der Waals surface area contributed by atoms with Crippen LogP contribution in [-0.2, 0) is 6.42 Å². The molecular formula is C18H24N4. The van der Waals surface area contributed by atoms with Gasteiger partial charge < -0.3 is 9.80 Å². The third-order valence-corrected chi connectivity index (χ3v) is 4.20. The van der Waals surface area contributed by atoms with Crippen LogP contribution in [0.15, 0.2) is 36.5 Å². The van der Waals surface area contributed by atoms with E-state index in [-0.39, 0.29) is 0 Å². The average molecular weight is 296 g/mol. The van der Waals surface area contributed by atoms with Crippen LogP contribution in [0.5, 0.6) is 0 Å². The molecule has 1 aromatic carbocycles. The molecule has 2 aromatic rings. The Labute approximate surface area is 132 Å². The fourth-order valence-electron chi connectivity index (χ4n) is 2.94. The van der Waals surface area contributed by atoms with Crippen LogP contribution in [0, 0.1) is 0 Å². The largest absolute Gasteiger partial charge is 0.344 e. The van der Waals surface area contributed by atoms with Gasteiger partial charge in [0.05, 0.1) is 0 Å². The van der Waals surface area contributed by atoms with Crippen molar-refractivity contribution in [3.63, 3.8) is 0 Å². The van der Waals surface area contributed by atoms with E-state index in [0.717, 1.165) is 37.7 Å². The second-order valence-electron chi connectivity index (χ2n) is 5.87. The lowest BCUT2D eigenvalue weighted by Crippen LogP contribution is -2.27. The van der Waals surface area contributed by atoms with Gasteiger partial charge in [-0.3, -0.25) is 0 Å². The maximum absolute atomic E-state index is 4.79. The standard InChI is InChI=1S/C18H24N4/c1-3-4-13-21(2)18-19-12-11-17(20-18)22-14-7-9-15-8-5-6-10-16(15)22/h5-6,8,10-12H,3-4,7,9,13-14H2,1-2H3. The number of hydrogen-bond acceptors (Lipinski definition) is 4. The molecule has 0 saturated carbocycles. The number of unbranched alkanes of at least 4 members (excludes halogenated alkanes) is 1. The number of hydrogen-bond donors (Lipinski definition) is 0. The van der Waals surface area contributed by atoms with Crippen molar-refractivity contribution in [3.05, 3.63) is 42.1 Å². The van der Waals surface area contributed by atoms with E-state index in [0.29, 0.717) is 0 Å². The number of nitrogens with zero attached hydrogens (tertiary/aromatic N) is 4. The minimum atomic E-state index is 0.814. The number of aromatic nitrogens is 2. The van der Waals surface area contributed by atoms with E-state index in [1.54, 1.807) is 0 Å². The molecule has 0 fully saturated rings. The highest BCUT2D eigenvalue weighted by Crippen LogP contribution is 2.32. The second kappa shape index (κ2) is 6.77. The van der Waals surface area contributed by atoms with Crippen LogP contribution >= 0.6 is 0 Å². The Morgan fingerprint density at radius 3 is 2.95 bits per heavy atom. The summed E-state index contributed by atoms with van der Waals surface area (Å²) in [6.07, 6.45) is 6.54. The minimum absolute atomic E-state index is 0.814. The SMILES string of the molecule is CCCCN(C)c1nccc(N2CCCc3ccccc32)n1. The summed E-state index contributed by atoms with van der Waals surface area (Å²) in [7, 11) is 2.07. The number of anilines is 3. The highest BCUT2D eigenvalue weighted by atomic mass is 15.3. The molecule has 0 spiro atoms. The fourth-order valence-corrected chi connectivity index (χ4v) is 2.94. The molecular weight excluding hydrogens is 272 g/mol. The van der Waals surface area contributed by atoms with Gasteiger partial charge in [-0.15, -0.1) is 0 Å². The van der Waals surface area contributed by atoms with E-state index in [4.69, 9.17) is 4.98 Å². The number of rotatable bonds is 5. The van der Waals surface area contributed by atoms with Gasteiger partial charge in [-0.1, -0.05) is 31.5 Å². The Balaban J connectivity index is 1.87. The average Bonchev–Trinajstić information content (AvgIpc) is 2.59. The molecule has 116 valence electrons. The van der Waals surface area contributed by atoms with Gasteiger partial charge in [0.15, 0.2) is 0 Å². The fraction of sp³-hybridized carbons (Fsp3) is 0.444. The highest BCUT2D eigenvalue weighted by molar-refractivity contribution is 5.65. The Morgan fingerprint density at radius 1 is 1.23 bits per heavy atom. The Kier molecular flexibility index (Phi) is 4.56. The Bertz CT molecular complexity index is 626. The van der Waals surface area contributed by atoms with Gasteiger partial charge in [0.25, 0.3) is 0 Å². The Hall–Kier alpha value is -2.10. The lowest BCUT2D eigenvalue weighted by atomic mass is 10.0. The lowest BCUT2D eigenvalue weighted by Gasteiger charge is -2.30. The number of benzene rings is 1. The van der Waals surface area contributed by atoms with Crippen LogP contribution in [0.25, 0.3) is 0 Å². The molecule has 0 bridgehead atoms. The van der Waals surface area contributed by atoms with Crippen LogP contribution in [0.3, 0.4) is 0 Å². The zero-order valence-electron chi connectivity index (χ0n) is 13.5. The molecule has 0 radical (unpaired) electrons. The summed E-state index contributed by atoms with van der Waals surface area (Å²) < 4.78 is 0. The quantitative estimate of drug-likeness (QED) is 0.840. The third-order valence-electron chi connectivity index (χ3n) is 4.20. The molecule has 0 unspecified atom stereocenters. The number of fused-ring (bicyclic) bond motifs is 1. The normalized spacial score (nSPS) is 13.8. The monoisotopic (exact) mass is 296 g/mol. The highest BCUT2D eigenvalue weighted by Gasteiger charge is 2.19. The molecule has 0 amide bonds. The molecule has 0 saturated heterocycles. The zero-order chi connectivity index (χ0) is 15.4. The van der Waals surface area contributed by atoms with Gasteiger partial charge in [-0.2, -0.15) is 4.98 Å². The second-order valence-corrected chi connectivity index (χ2v) is 5.87. The molecule has 1 aliphatic heterocycles. The first kappa shape index (κ1) is 14.8. The van der Waals surface area contributed by atoms with Crippen molar-refractivity contribution in [1.82, 2.24) is 9.97 Å². The van der Waals surface area contributed by atoms with Crippen LogP contribution < -0.4 is 9.80 Å². The van der Waals surface area contributed by atoms with Crippen molar-refractivity contribution in [2.45, 2.75) is 32.6 Å². The maximum atomic E-state index is 4.79. The predicted octanol–water partition coefficient (Wildman–Crippen LogP) is 3.80. The van der Waals surface area contributed by atoms with E-state index >= 15 is 0 Å². The van der Waals surface area contributed by atoms with E-state index in [1.165, 1.54) is 24.1 Å². The van der Waals surface area contributed by atoms with Gasteiger partial charge in [-0.05, 0) is 37.0 Å². The van der Waals surface area contributed by atoms with Crippen molar-refractivity contribution in [2.24, 2.45) is 0 Å². The molecule has 1 aromatic heterocycles. The summed E-state index contributed by atoms with van der Waals surface area (Å²) >= 11 is 0. The first-order valence-corrected chi connectivity index (χ1v) is 8.19. The Morgan fingerprint density at radius 2 is 2.09 bits per heavy atom. The summed E-state index contributed by atoms with van der Waals surface area (Å²) in [4.78, 5) is 13.7. The number of aryl methyl sites for hydroxylation is 1. The first-order valence-electron chi connectivity index (χ1n) is 8.19. The van der Waals surface area contributed by atoms with E-state index in [9.17, 15) is 0 Å². The summed E-state index contributed by atoms with van der Waals surface area (Å²) in [6, 6.07) is 10.6. The predicted molar refractivity (Wildman–Crippen MR) is 92.0 cm³/mol. The summed E-state index contributed by atoms with van der Waals surface area (Å²) in [5.41, 5.74) is 2.70. The van der Waals surface area contributed by atoms with Crippen molar-refractivity contribution in [1.29, 1.82) is 0 Å². The summed E-state index contributed by atoms with van der Waals surface area (Å²) in [6.45, 7) is 4.22. The summed E-state index contributed by atoms with van der Waals surface area (Å²) in [5, 5.41) is 0. The third kappa shape index (κ3) is 3.06. The van der Waals surface area contributed by atoms with Crippen LogP contribution in [0.4, 0.5) is 17.5 Å². The molecule has 3 rings (SSSR count). The maximum Gasteiger partial charge on any atom is 0.227 e. The van der Waals surface area contributed by atoms with Crippen molar-refractivity contribution in [3.8, 4) is 0 Å². The van der Waals surface area contributed by atoms with Crippen molar-refractivity contribution in [2.75, 3.05) is 29.9 Å².